The topological polar surface area (TPSA) is 75.7 Å². The van der Waals surface area contributed by atoms with Crippen molar-refractivity contribution in [1.29, 1.82) is 0 Å². The molecule has 2 rings (SSSR count). The average Bonchev–Trinajstić information content (AvgIpc) is 2.38. The van der Waals surface area contributed by atoms with Crippen LogP contribution in [0.25, 0.3) is 0 Å². The highest BCUT2D eigenvalue weighted by Gasteiger charge is 2.48. The molecule has 1 aromatic rings. The Bertz CT molecular complexity index is 612. The minimum absolute atomic E-state index is 0.0265. The number of amides is 4. The van der Waals surface area contributed by atoms with E-state index in [-0.39, 0.29) is 11.4 Å². The number of urea groups is 1. The van der Waals surface area contributed by atoms with Crippen molar-refractivity contribution >= 4 is 23.5 Å². The minimum atomic E-state index is -1.40. The highest BCUT2D eigenvalue weighted by Crippen LogP contribution is 2.34. The van der Waals surface area contributed by atoms with E-state index in [9.17, 15) is 18.8 Å². The van der Waals surface area contributed by atoms with E-state index in [1.54, 1.807) is 0 Å². The molecule has 1 aromatic carbocycles. The van der Waals surface area contributed by atoms with Crippen LogP contribution in [0.1, 0.15) is 13.8 Å². The molecule has 1 heterocycles. The van der Waals surface area contributed by atoms with Crippen LogP contribution >= 0.6 is 0 Å². The normalized spacial score (nSPS) is 18.0. The first-order valence-electron chi connectivity index (χ1n) is 5.82. The number of nitrogens with one attached hydrogen (secondary N) is 1. The van der Waals surface area contributed by atoms with Gasteiger partial charge in [-0.25, -0.2) is 14.1 Å². The van der Waals surface area contributed by atoms with Crippen molar-refractivity contribution in [2.75, 3.05) is 12.0 Å². The Morgan fingerprint density at radius 3 is 2.50 bits per heavy atom. The van der Waals surface area contributed by atoms with E-state index in [2.05, 4.69) is 5.32 Å². The first-order valence-corrected chi connectivity index (χ1v) is 5.82. The third kappa shape index (κ3) is 2.01. The molecule has 0 saturated carbocycles. The summed E-state index contributed by atoms with van der Waals surface area (Å²) in [6.07, 6.45) is 0. The molecule has 4 amide bonds. The Balaban J connectivity index is 2.54. The molecule has 0 spiro atoms. The Morgan fingerprint density at radius 1 is 1.25 bits per heavy atom. The largest absolute Gasteiger partial charge is 0.494 e. The highest BCUT2D eigenvalue weighted by molar-refractivity contribution is 6.29. The van der Waals surface area contributed by atoms with Gasteiger partial charge in [-0.1, -0.05) is 0 Å². The number of methoxy groups -OCH3 is 1. The molecule has 20 heavy (non-hydrogen) atoms. The van der Waals surface area contributed by atoms with Gasteiger partial charge in [0.25, 0.3) is 0 Å². The van der Waals surface area contributed by atoms with Crippen molar-refractivity contribution in [2.24, 2.45) is 5.41 Å². The number of halogens is 1. The Kier molecular flexibility index (Phi) is 3.21. The summed E-state index contributed by atoms with van der Waals surface area (Å²) in [6.45, 7) is 2.81. The van der Waals surface area contributed by atoms with Gasteiger partial charge in [0.05, 0.1) is 12.8 Å². The SMILES string of the molecule is COc1cc(F)ccc1N1C(=O)NC(=O)C(C)(C)C1=O. The predicted octanol–water partition coefficient (Wildman–Crippen LogP) is 1.44. The summed E-state index contributed by atoms with van der Waals surface area (Å²) in [5.74, 6) is -1.91. The number of hydrogen-bond donors (Lipinski definition) is 1. The molecule has 0 aliphatic carbocycles. The molecule has 6 nitrogen and oxygen atoms in total. The molecule has 1 aliphatic rings. The Morgan fingerprint density at radius 2 is 1.90 bits per heavy atom. The van der Waals surface area contributed by atoms with Gasteiger partial charge in [0.15, 0.2) is 0 Å². The van der Waals surface area contributed by atoms with E-state index in [0.717, 1.165) is 17.0 Å². The molecular weight excluding hydrogens is 267 g/mol. The van der Waals surface area contributed by atoms with Gasteiger partial charge < -0.3 is 4.74 Å². The zero-order valence-electron chi connectivity index (χ0n) is 11.2. The molecule has 106 valence electrons. The lowest BCUT2D eigenvalue weighted by atomic mass is 9.88. The van der Waals surface area contributed by atoms with Crippen LogP contribution in [0.15, 0.2) is 18.2 Å². The average molecular weight is 280 g/mol. The maximum atomic E-state index is 13.2. The third-order valence-electron chi connectivity index (χ3n) is 3.11. The van der Waals surface area contributed by atoms with Gasteiger partial charge in [-0.15, -0.1) is 0 Å². The lowest BCUT2D eigenvalue weighted by molar-refractivity contribution is -0.140. The van der Waals surface area contributed by atoms with Crippen LogP contribution in [-0.2, 0) is 9.59 Å². The summed E-state index contributed by atoms with van der Waals surface area (Å²) in [6, 6.07) is 2.52. The second-order valence-electron chi connectivity index (χ2n) is 4.84. The van der Waals surface area contributed by atoms with Gasteiger partial charge in [0.1, 0.15) is 17.0 Å². The number of nitrogens with zero attached hydrogens (tertiary/aromatic N) is 1. The smallest absolute Gasteiger partial charge is 0.335 e. The van der Waals surface area contributed by atoms with Crippen molar-refractivity contribution in [3.8, 4) is 5.75 Å². The zero-order valence-corrected chi connectivity index (χ0v) is 11.2. The number of hydrogen-bond acceptors (Lipinski definition) is 4. The van der Waals surface area contributed by atoms with Crippen LogP contribution < -0.4 is 15.0 Å². The summed E-state index contributed by atoms with van der Waals surface area (Å²) < 4.78 is 18.1. The summed E-state index contributed by atoms with van der Waals surface area (Å²) in [4.78, 5) is 36.6. The monoisotopic (exact) mass is 280 g/mol. The van der Waals surface area contributed by atoms with Crippen LogP contribution in [0.2, 0.25) is 0 Å². The first-order chi connectivity index (χ1) is 9.28. The lowest BCUT2D eigenvalue weighted by Gasteiger charge is -2.34. The van der Waals surface area contributed by atoms with Crippen LogP contribution in [0.3, 0.4) is 0 Å². The highest BCUT2D eigenvalue weighted by atomic mass is 19.1. The second-order valence-corrected chi connectivity index (χ2v) is 4.84. The molecule has 0 unspecified atom stereocenters. The van der Waals surface area contributed by atoms with Crippen molar-refractivity contribution in [3.63, 3.8) is 0 Å². The Labute approximate surface area is 114 Å². The predicted molar refractivity (Wildman–Crippen MR) is 67.8 cm³/mol. The van der Waals surface area contributed by atoms with Gasteiger partial charge in [-0.2, -0.15) is 0 Å². The van der Waals surface area contributed by atoms with Crippen molar-refractivity contribution in [1.82, 2.24) is 5.32 Å². The summed E-state index contributed by atoms with van der Waals surface area (Å²) in [7, 11) is 1.29. The fraction of sp³-hybridized carbons (Fsp3) is 0.308. The van der Waals surface area contributed by atoms with Crippen LogP contribution in [-0.4, -0.2) is 25.0 Å². The number of benzene rings is 1. The standard InChI is InChI=1S/C13H13FN2O4/c1-13(2)10(17)15-12(19)16(11(13)18)8-5-4-7(14)6-9(8)20-3/h4-6H,1-3H3,(H,15,17,19). The van der Waals surface area contributed by atoms with Gasteiger partial charge in [-0.3, -0.25) is 14.9 Å². The van der Waals surface area contributed by atoms with Gasteiger partial charge in [0.2, 0.25) is 11.8 Å². The molecule has 0 radical (unpaired) electrons. The number of carbonyl (C=O) groups excluding carboxylic acids is 3. The number of anilines is 1. The van der Waals surface area contributed by atoms with Crippen LogP contribution in [0.5, 0.6) is 5.75 Å². The Hall–Kier alpha value is -2.44. The van der Waals surface area contributed by atoms with E-state index in [1.165, 1.54) is 27.0 Å². The molecule has 7 heteroatoms. The molecule has 1 aliphatic heterocycles. The summed E-state index contributed by atoms with van der Waals surface area (Å²) in [5.41, 5.74) is -1.31. The number of ether oxygens (including phenoxy) is 1. The number of rotatable bonds is 2. The molecule has 1 saturated heterocycles. The summed E-state index contributed by atoms with van der Waals surface area (Å²) >= 11 is 0. The van der Waals surface area contributed by atoms with E-state index in [0.29, 0.717) is 0 Å². The van der Waals surface area contributed by atoms with Crippen molar-refractivity contribution in [3.05, 3.63) is 24.0 Å². The van der Waals surface area contributed by atoms with Gasteiger partial charge in [-0.05, 0) is 26.0 Å². The third-order valence-corrected chi connectivity index (χ3v) is 3.11. The van der Waals surface area contributed by atoms with E-state index in [1.807, 2.05) is 0 Å². The van der Waals surface area contributed by atoms with Crippen LogP contribution in [0.4, 0.5) is 14.9 Å². The second kappa shape index (κ2) is 4.59. The van der Waals surface area contributed by atoms with E-state index >= 15 is 0 Å². The van der Waals surface area contributed by atoms with Crippen molar-refractivity contribution in [2.45, 2.75) is 13.8 Å². The quantitative estimate of drug-likeness (QED) is 0.832. The zero-order chi connectivity index (χ0) is 15.1. The van der Waals surface area contributed by atoms with Crippen LogP contribution in [0, 0.1) is 11.2 Å². The lowest BCUT2D eigenvalue weighted by Crippen LogP contribution is -2.62. The van der Waals surface area contributed by atoms with E-state index in [4.69, 9.17) is 4.74 Å². The molecule has 0 bridgehead atoms. The minimum Gasteiger partial charge on any atom is -0.494 e. The maximum Gasteiger partial charge on any atom is 0.335 e. The fourth-order valence-corrected chi connectivity index (χ4v) is 1.83. The number of imide groups is 2. The van der Waals surface area contributed by atoms with Gasteiger partial charge in [0, 0.05) is 6.07 Å². The van der Waals surface area contributed by atoms with Gasteiger partial charge >= 0.3 is 6.03 Å². The van der Waals surface area contributed by atoms with E-state index < -0.39 is 29.1 Å². The molecule has 1 fully saturated rings. The van der Waals surface area contributed by atoms with Crippen molar-refractivity contribution < 1.29 is 23.5 Å². The molecular formula is C13H13FN2O4. The molecule has 1 N–H and O–H groups in total. The fourth-order valence-electron chi connectivity index (χ4n) is 1.83. The number of carbonyl (C=O) groups is 3. The maximum absolute atomic E-state index is 13.2. The first kappa shape index (κ1) is 14.0. The molecule has 0 atom stereocenters. The molecule has 0 aromatic heterocycles. The summed E-state index contributed by atoms with van der Waals surface area (Å²) in [5, 5.41) is 2.09. The number of barbiturate groups is 1.